The van der Waals surface area contributed by atoms with Crippen molar-refractivity contribution in [3.8, 4) is 0 Å². The second-order valence-electron chi connectivity index (χ2n) is 2.27. The van der Waals surface area contributed by atoms with E-state index in [2.05, 4.69) is 10.1 Å². The van der Waals surface area contributed by atoms with Crippen LogP contribution in [0.25, 0.3) is 0 Å². The van der Waals surface area contributed by atoms with Gasteiger partial charge >= 0.3 is 5.97 Å². The molecule has 0 saturated heterocycles. The summed E-state index contributed by atoms with van der Waals surface area (Å²) in [4.78, 5) is 31.9. The minimum atomic E-state index is -0.786. The molecule has 0 radical (unpaired) electrons. The molecule has 0 fully saturated rings. The van der Waals surface area contributed by atoms with Gasteiger partial charge in [0.15, 0.2) is 0 Å². The Morgan fingerprint density at radius 3 is 2.17 bits per heavy atom. The standard InChI is InChI=1S/C7H11NO4/c1-4(7(11)12-3)8-6(10)5(2)9/h4H,1-3H3,(H,8,10)/t4-/m0/s1. The SMILES string of the molecule is COC(=O)[C@H](C)NC(=O)C(C)=O. The van der Waals surface area contributed by atoms with Gasteiger partial charge in [0, 0.05) is 6.92 Å². The van der Waals surface area contributed by atoms with Crippen molar-refractivity contribution in [1.82, 2.24) is 5.32 Å². The average molecular weight is 173 g/mol. The maximum Gasteiger partial charge on any atom is 0.328 e. The molecule has 0 rings (SSSR count). The summed E-state index contributed by atoms with van der Waals surface area (Å²) < 4.78 is 4.33. The number of Topliss-reactive ketones (excluding diaryl/α,β-unsaturated/α-hetero) is 1. The molecule has 0 aromatic rings. The van der Waals surface area contributed by atoms with Gasteiger partial charge in [-0.05, 0) is 6.92 Å². The van der Waals surface area contributed by atoms with E-state index in [1.165, 1.54) is 14.0 Å². The smallest absolute Gasteiger partial charge is 0.328 e. The van der Waals surface area contributed by atoms with Crippen molar-refractivity contribution < 1.29 is 19.1 Å². The zero-order valence-electron chi connectivity index (χ0n) is 7.21. The van der Waals surface area contributed by atoms with E-state index in [0.29, 0.717) is 0 Å². The molecule has 0 unspecified atom stereocenters. The first-order valence-electron chi connectivity index (χ1n) is 3.38. The van der Waals surface area contributed by atoms with E-state index >= 15 is 0 Å². The lowest BCUT2D eigenvalue weighted by atomic mass is 10.3. The van der Waals surface area contributed by atoms with Gasteiger partial charge in [-0.25, -0.2) is 4.79 Å². The molecule has 0 aliphatic rings. The summed E-state index contributed by atoms with van der Waals surface area (Å²) in [5, 5.41) is 2.17. The minimum absolute atomic E-state index is 0.579. The molecule has 1 amide bonds. The predicted molar refractivity (Wildman–Crippen MR) is 40.3 cm³/mol. The molecule has 0 bridgehead atoms. The fourth-order valence-corrected chi connectivity index (χ4v) is 0.534. The monoisotopic (exact) mass is 173 g/mol. The van der Waals surface area contributed by atoms with Gasteiger partial charge in [-0.15, -0.1) is 0 Å². The van der Waals surface area contributed by atoms with Crippen LogP contribution in [0.15, 0.2) is 0 Å². The van der Waals surface area contributed by atoms with Crippen LogP contribution in [-0.2, 0) is 19.1 Å². The second kappa shape index (κ2) is 4.48. The van der Waals surface area contributed by atoms with E-state index in [9.17, 15) is 14.4 Å². The lowest BCUT2D eigenvalue weighted by Crippen LogP contribution is -2.41. The highest BCUT2D eigenvalue weighted by atomic mass is 16.5. The number of methoxy groups -OCH3 is 1. The number of nitrogens with one attached hydrogen (secondary N) is 1. The van der Waals surface area contributed by atoms with Crippen molar-refractivity contribution in [1.29, 1.82) is 0 Å². The third kappa shape index (κ3) is 3.14. The molecular formula is C7H11NO4. The molecule has 0 saturated carbocycles. The lowest BCUT2D eigenvalue weighted by molar-refractivity contribution is -0.145. The van der Waals surface area contributed by atoms with Gasteiger partial charge in [0.05, 0.1) is 7.11 Å². The second-order valence-corrected chi connectivity index (χ2v) is 2.27. The van der Waals surface area contributed by atoms with Crippen molar-refractivity contribution in [2.24, 2.45) is 0 Å². The number of esters is 1. The minimum Gasteiger partial charge on any atom is -0.467 e. The van der Waals surface area contributed by atoms with Gasteiger partial charge in [0.2, 0.25) is 5.78 Å². The molecule has 0 heterocycles. The van der Waals surface area contributed by atoms with E-state index in [1.54, 1.807) is 0 Å². The highest BCUT2D eigenvalue weighted by Gasteiger charge is 2.17. The molecule has 1 N–H and O–H groups in total. The topological polar surface area (TPSA) is 72.5 Å². The predicted octanol–water partition coefficient (Wildman–Crippen LogP) is -0.747. The number of ether oxygens (including phenoxy) is 1. The summed E-state index contributed by atoms with van der Waals surface area (Å²) in [5.74, 6) is -2.00. The zero-order valence-corrected chi connectivity index (χ0v) is 7.21. The summed E-state index contributed by atoms with van der Waals surface area (Å²) in [6.07, 6.45) is 0. The van der Waals surface area contributed by atoms with Crippen LogP contribution in [0.5, 0.6) is 0 Å². The van der Waals surface area contributed by atoms with E-state index in [-0.39, 0.29) is 0 Å². The average Bonchev–Trinajstić information content (AvgIpc) is 2.02. The largest absolute Gasteiger partial charge is 0.467 e. The Bertz CT molecular complexity index is 211. The Morgan fingerprint density at radius 1 is 1.33 bits per heavy atom. The van der Waals surface area contributed by atoms with Gasteiger partial charge in [-0.2, -0.15) is 0 Å². The van der Waals surface area contributed by atoms with Crippen LogP contribution in [0, 0.1) is 0 Å². The van der Waals surface area contributed by atoms with E-state index < -0.39 is 23.7 Å². The normalized spacial score (nSPS) is 11.6. The summed E-state index contributed by atoms with van der Waals surface area (Å²) in [6, 6.07) is -0.786. The van der Waals surface area contributed by atoms with E-state index in [0.717, 1.165) is 6.92 Å². The molecule has 0 aromatic carbocycles. The zero-order chi connectivity index (χ0) is 9.72. The van der Waals surface area contributed by atoms with Gasteiger partial charge < -0.3 is 10.1 Å². The van der Waals surface area contributed by atoms with E-state index in [4.69, 9.17) is 0 Å². The van der Waals surface area contributed by atoms with Crippen molar-refractivity contribution >= 4 is 17.7 Å². The van der Waals surface area contributed by atoms with Crippen LogP contribution in [0.2, 0.25) is 0 Å². The molecule has 0 aromatic heterocycles. The molecule has 5 nitrogen and oxygen atoms in total. The van der Waals surface area contributed by atoms with E-state index in [1.807, 2.05) is 0 Å². The fraction of sp³-hybridized carbons (Fsp3) is 0.571. The quantitative estimate of drug-likeness (QED) is 0.450. The van der Waals surface area contributed by atoms with Crippen molar-refractivity contribution in [2.45, 2.75) is 19.9 Å². The molecule has 12 heavy (non-hydrogen) atoms. The Balaban J connectivity index is 4.01. The Labute approximate surface area is 70.1 Å². The summed E-state index contributed by atoms with van der Waals surface area (Å²) >= 11 is 0. The first-order chi connectivity index (χ1) is 5.49. The molecule has 0 aliphatic carbocycles. The number of rotatable bonds is 3. The number of amides is 1. The fourth-order valence-electron chi connectivity index (χ4n) is 0.534. The number of carbonyl (C=O) groups is 3. The van der Waals surface area contributed by atoms with Crippen LogP contribution in [0.1, 0.15) is 13.8 Å². The van der Waals surface area contributed by atoms with Gasteiger partial charge in [0.1, 0.15) is 6.04 Å². The van der Waals surface area contributed by atoms with Crippen LogP contribution >= 0.6 is 0 Å². The summed E-state index contributed by atoms with van der Waals surface area (Å²) in [6.45, 7) is 2.56. The molecule has 5 heteroatoms. The van der Waals surface area contributed by atoms with Crippen LogP contribution in [-0.4, -0.2) is 30.8 Å². The molecule has 0 aliphatic heterocycles. The van der Waals surface area contributed by atoms with Gasteiger partial charge in [-0.3, -0.25) is 9.59 Å². The summed E-state index contributed by atoms with van der Waals surface area (Å²) in [5.41, 5.74) is 0. The highest BCUT2D eigenvalue weighted by Crippen LogP contribution is 1.85. The number of hydrogen-bond donors (Lipinski definition) is 1. The molecule has 1 atom stereocenters. The lowest BCUT2D eigenvalue weighted by Gasteiger charge is -2.09. The van der Waals surface area contributed by atoms with Crippen LogP contribution in [0.3, 0.4) is 0 Å². The number of ketones is 1. The number of carbonyl (C=O) groups excluding carboxylic acids is 3. The molecule has 0 spiro atoms. The third-order valence-electron chi connectivity index (χ3n) is 1.22. The first-order valence-corrected chi connectivity index (χ1v) is 3.38. The Kier molecular flexibility index (Phi) is 3.96. The first kappa shape index (κ1) is 10.6. The van der Waals surface area contributed by atoms with Crippen LogP contribution < -0.4 is 5.32 Å². The van der Waals surface area contributed by atoms with Crippen molar-refractivity contribution in [2.75, 3.05) is 7.11 Å². The maximum atomic E-state index is 10.7. The maximum absolute atomic E-state index is 10.7. The van der Waals surface area contributed by atoms with Crippen LogP contribution in [0.4, 0.5) is 0 Å². The Morgan fingerprint density at radius 2 is 1.83 bits per heavy atom. The third-order valence-corrected chi connectivity index (χ3v) is 1.22. The Hall–Kier alpha value is -1.39. The highest BCUT2D eigenvalue weighted by molar-refractivity contribution is 6.35. The van der Waals surface area contributed by atoms with Gasteiger partial charge in [0.25, 0.3) is 5.91 Å². The molecular weight excluding hydrogens is 162 g/mol. The van der Waals surface area contributed by atoms with Crippen molar-refractivity contribution in [3.05, 3.63) is 0 Å². The van der Waals surface area contributed by atoms with Crippen molar-refractivity contribution in [3.63, 3.8) is 0 Å². The summed E-state index contributed by atoms with van der Waals surface area (Å²) in [7, 11) is 1.21. The number of hydrogen-bond acceptors (Lipinski definition) is 4. The molecule has 68 valence electrons. The van der Waals surface area contributed by atoms with Gasteiger partial charge in [-0.1, -0.05) is 0 Å².